The average Bonchev–Trinajstić information content (AvgIpc) is 1.87. The number of phenols is 1. The van der Waals surface area contributed by atoms with Gasteiger partial charge in [-0.1, -0.05) is 18.2 Å². The molecule has 4 nitrogen and oxygen atoms in total. The largest absolute Gasteiger partial charge is 2.00 e. The Morgan fingerprint density at radius 1 is 1.00 bits per heavy atom. The van der Waals surface area contributed by atoms with Gasteiger partial charge in [0.2, 0.25) is 0 Å². The molecule has 14 heavy (non-hydrogen) atoms. The monoisotopic (exact) mass is 494 g/mol. The Hall–Kier alpha value is 2.45. The van der Waals surface area contributed by atoms with Crippen molar-refractivity contribution >= 4 is 57.5 Å². The molecular formula is C6H11BaCdO4PZn. The second-order valence-corrected chi connectivity index (χ2v) is 2.14. The number of para-hydroxylation sites is 1. The van der Waals surface area contributed by atoms with Crippen LogP contribution < -0.4 is 0 Å². The maximum atomic E-state index is 8.63. The predicted octanol–water partition coefficient (Wildman–Crippen LogP) is 0.422. The first-order valence-electron chi connectivity index (χ1n) is 2.73. The summed E-state index contributed by atoms with van der Waals surface area (Å²) >= 11 is 0. The Kier molecular flexibility index (Phi) is 32.3. The van der Waals surface area contributed by atoms with E-state index in [-0.39, 0.29) is 98.5 Å². The van der Waals surface area contributed by atoms with Crippen LogP contribution in [0.15, 0.2) is 30.3 Å². The number of rotatable bonds is 0. The standard InChI is InChI=1S/C6H6O.Ba.Cd.H3O3P.Zn.2H/c7-6-4-2-1-3-5-6;;;1-4(2)3;;;/h1-5,7H;;;1-3H;;;/q;+2;;;;2*-1. The summed E-state index contributed by atoms with van der Waals surface area (Å²) in [5, 5.41) is 8.63. The first kappa shape index (κ1) is 25.3. The van der Waals surface area contributed by atoms with Crippen LogP contribution >= 0.6 is 8.60 Å². The second-order valence-electron chi connectivity index (χ2n) is 1.60. The molecule has 0 fully saturated rings. The summed E-state index contributed by atoms with van der Waals surface area (Å²) in [4.78, 5) is 21.7. The van der Waals surface area contributed by atoms with Gasteiger partial charge in [-0.3, -0.25) is 0 Å². The van der Waals surface area contributed by atoms with Gasteiger partial charge in [-0.15, -0.1) is 0 Å². The first-order chi connectivity index (χ1) is 5.13. The van der Waals surface area contributed by atoms with Crippen LogP contribution in [0.3, 0.4) is 0 Å². The minimum Gasteiger partial charge on any atom is -1.00 e. The number of hydrogen-bond acceptors (Lipinski definition) is 4. The third kappa shape index (κ3) is 23.9. The van der Waals surface area contributed by atoms with Gasteiger partial charge in [0.15, 0.2) is 0 Å². The molecule has 0 aliphatic heterocycles. The predicted molar refractivity (Wildman–Crippen MR) is 49.7 cm³/mol. The van der Waals surface area contributed by atoms with Crippen molar-refractivity contribution in [1.29, 1.82) is 0 Å². The summed E-state index contributed by atoms with van der Waals surface area (Å²) in [6.45, 7) is 0. The van der Waals surface area contributed by atoms with Gasteiger partial charge >= 0.3 is 57.5 Å². The van der Waals surface area contributed by atoms with Gasteiger partial charge in [-0.05, 0) is 12.1 Å². The molecule has 0 aromatic heterocycles. The Morgan fingerprint density at radius 2 is 1.29 bits per heavy atom. The molecule has 0 amide bonds. The minimum absolute atomic E-state index is 0. The quantitative estimate of drug-likeness (QED) is 0.312. The zero-order valence-corrected chi connectivity index (χ0v) is 20.1. The summed E-state index contributed by atoms with van der Waals surface area (Å²) in [5.74, 6) is 0.322. The van der Waals surface area contributed by atoms with Crippen LogP contribution in [-0.2, 0) is 46.8 Å². The van der Waals surface area contributed by atoms with Crippen molar-refractivity contribution in [2.45, 2.75) is 0 Å². The van der Waals surface area contributed by atoms with Crippen LogP contribution in [-0.4, -0.2) is 68.7 Å². The summed E-state index contributed by atoms with van der Waals surface area (Å²) in [6.07, 6.45) is 0. The molecule has 0 spiro atoms. The number of aromatic hydroxyl groups is 1. The molecule has 0 bridgehead atoms. The van der Waals surface area contributed by atoms with Crippen LogP contribution in [0.25, 0.3) is 0 Å². The number of hydrogen-bond donors (Lipinski definition) is 4. The Morgan fingerprint density at radius 3 is 1.43 bits per heavy atom. The number of phenolic OH excluding ortho intramolecular Hbond substituents is 1. The van der Waals surface area contributed by atoms with Gasteiger partial charge in [-0.2, -0.15) is 0 Å². The van der Waals surface area contributed by atoms with E-state index in [4.69, 9.17) is 19.8 Å². The summed E-state index contributed by atoms with van der Waals surface area (Å²) in [7, 11) is -2.62. The molecule has 0 aliphatic carbocycles. The van der Waals surface area contributed by atoms with Crippen molar-refractivity contribution in [2.24, 2.45) is 0 Å². The average molecular weight is 493 g/mol. The van der Waals surface area contributed by atoms with Crippen molar-refractivity contribution in [3.8, 4) is 5.75 Å². The fourth-order valence-electron chi connectivity index (χ4n) is 0.428. The van der Waals surface area contributed by atoms with Crippen molar-refractivity contribution in [3.05, 3.63) is 30.3 Å². The topological polar surface area (TPSA) is 80.9 Å². The molecule has 70 valence electrons. The molecule has 0 saturated carbocycles. The molecule has 0 unspecified atom stereocenters. The SMILES string of the molecule is OP(O)O.Oc1ccccc1.[Ba+2].[Cd].[H-].[H-].[Zn]. The van der Waals surface area contributed by atoms with Crippen LogP contribution in [0.5, 0.6) is 5.75 Å². The molecule has 0 saturated heterocycles. The molecule has 0 atom stereocenters. The Bertz CT molecular complexity index is 198. The van der Waals surface area contributed by atoms with Crippen LogP contribution in [0, 0.1) is 0 Å². The van der Waals surface area contributed by atoms with E-state index in [2.05, 4.69) is 0 Å². The van der Waals surface area contributed by atoms with E-state index in [0.717, 1.165) is 0 Å². The van der Waals surface area contributed by atoms with Crippen molar-refractivity contribution in [3.63, 3.8) is 0 Å². The third-order valence-corrected chi connectivity index (χ3v) is 0.756. The minimum atomic E-state index is -2.62. The summed E-state index contributed by atoms with van der Waals surface area (Å²) in [5.41, 5.74) is 0. The maximum absolute atomic E-state index is 8.63. The van der Waals surface area contributed by atoms with E-state index in [9.17, 15) is 0 Å². The maximum Gasteiger partial charge on any atom is 2.00 e. The molecule has 1 aromatic carbocycles. The fourth-order valence-corrected chi connectivity index (χ4v) is 0.428. The first-order valence-corrected chi connectivity index (χ1v) is 3.93. The van der Waals surface area contributed by atoms with Crippen molar-refractivity contribution < 1.29 is 69.4 Å². The van der Waals surface area contributed by atoms with Gasteiger partial charge < -0.3 is 22.6 Å². The summed E-state index contributed by atoms with van der Waals surface area (Å²) < 4.78 is 0. The third-order valence-electron chi connectivity index (χ3n) is 0.756. The van der Waals surface area contributed by atoms with Crippen LogP contribution in [0.1, 0.15) is 2.85 Å². The van der Waals surface area contributed by atoms with E-state index in [0.29, 0.717) is 5.75 Å². The van der Waals surface area contributed by atoms with E-state index in [1.54, 1.807) is 24.3 Å². The zero-order valence-electron chi connectivity index (χ0n) is 9.74. The van der Waals surface area contributed by atoms with Crippen LogP contribution in [0.2, 0.25) is 0 Å². The smallest absolute Gasteiger partial charge is 1.00 e. The van der Waals surface area contributed by atoms with Crippen molar-refractivity contribution in [2.75, 3.05) is 0 Å². The molecule has 4 N–H and O–H groups in total. The van der Waals surface area contributed by atoms with Gasteiger partial charge in [0.05, 0.1) is 0 Å². The van der Waals surface area contributed by atoms with E-state index >= 15 is 0 Å². The van der Waals surface area contributed by atoms with Gasteiger partial charge in [-0.25, -0.2) is 0 Å². The van der Waals surface area contributed by atoms with Gasteiger partial charge in [0, 0.05) is 46.8 Å². The Labute approximate surface area is 160 Å². The molecule has 1 rings (SSSR count). The van der Waals surface area contributed by atoms with E-state index in [1.807, 2.05) is 6.07 Å². The molecule has 0 heterocycles. The zero-order chi connectivity index (χ0) is 8.69. The fraction of sp³-hybridized carbons (Fsp3) is 0. The molecule has 8 heteroatoms. The second kappa shape index (κ2) is 17.8. The number of benzene rings is 1. The molecule has 0 aliphatic rings. The van der Waals surface area contributed by atoms with Crippen molar-refractivity contribution in [1.82, 2.24) is 0 Å². The molecular weight excluding hydrogens is 482 g/mol. The van der Waals surface area contributed by atoms with Crippen LogP contribution in [0.4, 0.5) is 0 Å². The van der Waals surface area contributed by atoms with E-state index in [1.165, 1.54) is 0 Å². The van der Waals surface area contributed by atoms with E-state index < -0.39 is 8.60 Å². The molecule has 1 aromatic rings. The van der Waals surface area contributed by atoms with Gasteiger partial charge in [0.25, 0.3) is 0 Å². The van der Waals surface area contributed by atoms with Gasteiger partial charge in [0.1, 0.15) is 5.75 Å². The summed E-state index contributed by atoms with van der Waals surface area (Å²) in [6, 6.07) is 8.71. The Balaban J connectivity index is -0.0000000257. The molecule has 0 radical (unpaired) electrons. The normalized spacial score (nSPS) is 6.86.